The van der Waals surface area contributed by atoms with Gasteiger partial charge in [-0.25, -0.2) is 4.68 Å². The zero-order valence-corrected chi connectivity index (χ0v) is 8.66. The van der Waals surface area contributed by atoms with E-state index in [0.29, 0.717) is 18.3 Å². The van der Waals surface area contributed by atoms with Crippen LogP contribution in [0.5, 0.6) is 0 Å². The predicted octanol–water partition coefficient (Wildman–Crippen LogP) is 1.17. The molecule has 0 radical (unpaired) electrons. The molecule has 0 unspecified atom stereocenters. The third-order valence-electron chi connectivity index (χ3n) is 2.27. The van der Waals surface area contributed by atoms with Gasteiger partial charge < -0.3 is 4.52 Å². The van der Waals surface area contributed by atoms with Crippen LogP contribution >= 0.6 is 0 Å². The second-order valence-corrected chi connectivity index (χ2v) is 3.47. The predicted molar refractivity (Wildman–Crippen MR) is 55.7 cm³/mol. The Morgan fingerprint density at radius 3 is 3.00 bits per heavy atom. The summed E-state index contributed by atoms with van der Waals surface area (Å²) in [5.74, 6) is 1.16. The highest BCUT2D eigenvalue weighted by molar-refractivity contribution is 5.73. The van der Waals surface area contributed by atoms with Gasteiger partial charge in [0, 0.05) is 0 Å². The molecule has 0 amide bonds. The molecule has 0 aliphatic carbocycles. The lowest BCUT2D eigenvalue weighted by Crippen LogP contribution is -2.02. The first-order chi connectivity index (χ1) is 7.83. The number of aryl methyl sites for hydroxylation is 1. The van der Waals surface area contributed by atoms with Gasteiger partial charge in [-0.1, -0.05) is 22.5 Å². The summed E-state index contributed by atoms with van der Waals surface area (Å²) in [6.07, 6.45) is 0. The van der Waals surface area contributed by atoms with E-state index in [9.17, 15) is 0 Å². The van der Waals surface area contributed by atoms with Crippen molar-refractivity contribution in [1.29, 1.82) is 0 Å². The van der Waals surface area contributed by atoms with E-state index < -0.39 is 0 Å². The molecular weight excluding hydrogens is 206 g/mol. The van der Waals surface area contributed by atoms with Gasteiger partial charge in [0.15, 0.2) is 5.82 Å². The summed E-state index contributed by atoms with van der Waals surface area (Å²) in [5.41, 5.74) is 1.82. The topological polar surface area (TPSA) is 69.6 Å². The lowest BCUT2D eigenvalue weighted by molar-refractivity contribution is 0.363. The molecule has 0 aliphatic heterocycles. The fourth-order valence-corrected chi connectivity index (χ4v) is 1.57. The largest absolute Gasteiger partial charge is 0.337 e. The van der Waals surface area contributed by atoms with Gasteiger partial charge in [0.1, 0.15) is 12.1 Å². The summed E-state index contributed by atoms with van der Waals surface area (Å²) in [5, 5.41) is 11.8. The van der Waals surface area contributed by atoms with Gasteiger partial charge in [-0.05, 0) is 19.1 Å². The highest BCUT2D eigenvalue weighted by Crippen LogP contribution is 2.11. The Labute approximate surface area is 90.9 Å². The van der Waals surface area contributed by atoms with E-state index in [1.807, 2.05) is 24.3 Å². The van der Waals surface area contributed by atoms with Crippen molar-refractivity contribution in [3.05, 3.63) is 36.0 Å². The first kappa shape index (κ1) is 9.02. The van der Waals surface area contributed by atoms with Crippen molar-refractivity contribution < 1.29 is 4.52 Å². The lowest BCUT2D eigenvalue weighted by atomic mass is 10.3. The van der Waals surface area contributed by atoms with Crippen LogP contribution in [-0.2, 0) is 6.54 Å². The van der Waals surface area contributed by atoms with E-state index in [4.69, 9.17) is 4.52 Å². The van der Waals surface area contributed by atoms with Gasteiger partial charge in [-0.2, -0.15) is 4.98 Å². The van der Waals surface area contributed by atoms with Crippen LogP contribution in [0.25, 0.3) is 11.0 Å². The smallest absolute Gasteiger partial charge is 0.248 e. The maximum absolute atomic E-state index is 5.04. The van der Waals surface area contributed by atoms with E-state index in [2.05, 4.69) is 20.5 Å². The van der Waals surface area contributed by atoms with Crippen LogP contribution in [0.1, 0.15) is 11.7 Å². The molecule has 1 aromatic carbocycles. The molecule has 0 atom stereocenters. The summed E-state index contributed by atoms with van der Waals surface area (Å²) >= 11 is 0. The number of para-hydroxylation sites is 1. The summed E-state index contributed by atoms with van der Waals surface area (Å²) in [6, 6.07) is 7.75. The van der Waals surface area contributed by atoms with Crippen molar-refractivity contribution in [2.45, 2.75) is 13.5 Å². The molecule has 80 valence electrons. The average Bonchev–Trinajstić information content (AvgIpc) is 2.87. The first-order valence-corrected chi connectivity index (χ1v) is 4.90. The van der Waals surface area contributed by atoms with Gasteiger partial charge in [-0.3, -0.25) is 0 Å². The zero-order chi connectivity index (χ0) is 11.0. The molecule has 0 aliphatic rings. The maximum Gasteiger partial charge on any atom is 0.248 e. The van der Waals surface area contributed by atoms with E-state index in [0.717, 1.165) is 11.0 Å². The van der Waals surface area contributed by atoms with Crippen molar-refractivity contribution >= 4 is 11.0 Å². The zero-order valence-electron chi connectivity index (χ0n) is 8.66. The van der Waals surface area contributed by atoms with Crippen LogP contribution in [0.2, 0.25) is 0 Å². The molecule has 0 N–H and O–H groups in total. The monoisotopic (exact) mass is 215 g/mol. The molecule has 2 aromatic heterocycles. The second-order valence-electron chi connectivity index (χ2n) is 3.47. The molecule has 16 heavy (non-hydrogen) atoms. The molecule has 2 heterocycles. The minimum Gasteiger partial charge on any atom is -0.337 e. The molecule has 6 heteroatoms. The van der Waals surface area contributed by atoms with Crippen LogP contribution in [0.4, 0.5) is 0 Å². The second kappa shape index (κ2) is 3.41. The molecule has 3 rings (SSSR count). The minimum atomic E-state index is 0.446. The standard InChI is InChI=1S/C10H9N5O/c1-7-11-10(16-13-7)6-15-9-5-3-2-4-8(9)12-14-15/h2-5H,6H2,1H3. The quantitative estimate of drug-likeness (QED) is 0.641. The number of hydrogen-bond acceptors (Lipinski definition) is 5. The Bertz CT molecular complexity index is 627. The van der Waals surface area contributed by atoms with E-state index in [1.54, 1.807) is 11.6 Å². The normalized spacial score (nSPS) is 11.1. The van der Waals surface area contributed by atoms with Gasteiger partial charge in [-0.15, -0.1) is 5.10 Å². The summed E-state index contributed by atoms with van der Waals surface area (Å²) in [4.78, 5) is 4.13. The van der Waals surface area contributed by atoms with Crippen LogP contribution in [0.15, 0.2) is 28.8 Å². The van der Waals surface area contributed by atoms with Crippen molar-refractivity contribution in [3.63, 3.8) is 0 Å². The summed E-state index contributed by atoms with van der Waals surface area (Å²) < 4.78 is 6.78. The molecule has 6 nitrogen and oxygen atoms in total. The Hall–Kier alpha value is -2.24. The lowest BCUT2D eigenvalue weighted by Gasteiger charge is -1.96. The molecule has 0 saturated heterocycles. The van der Waals surface area contributed by atoms with Crippen molar-refractivity contribution in [1.82, 2.24) is 25.1 Å². The van der Waals surface area contributed by atoms with Gasteiger partial charge >= 0.3 is 0 Å². The number of benzene rings is 1. The maximum atomic E-state index is 5.04. The highest BCUT2D eigenvalue weighted by atomic mass is 16.5. The molecular formula is C10H9N5O. The minimum absolute atomic E-state index is 0.446. The number of fused-ring (bicyclic) bond motifs is 1. The van der Waals surface area contributed by atoms with Crippen molar-refractivity contribution in [3.8, 4) is 0 Å². The Morgan fingerprint density at radius 1 is 1.31 bits per heavy atom. The number of rotatable bonds is 2. The number of hydrogen-bond donors (Lipinski definition) is 0. The summed E-state index contributed by atoms with van der Waals surface area (Å²) in [6.45, 7) is 2.23. The molecule has 0 saturated carbocycles. The van der Waals surface area contributed by atoms with Crippen LogP contribution in [0.3, 0.4) is 0 Å². The fourth-order valence-electron chi connectivity index (χ4n) is 1.57. The van der Waals surface area contributed by atoms with E-state index in [-0.39, 0.29) is 0 Å². The van der Waals surface area contributed by atoms with Gasteiger partial charge in [0.25, 0.3) is 0 Å². The third kappa shape index (κ3) is 1.44. The van der Waals surface area contributed by atoms with Crippen LogP contribution < -0.4 is 0 Å². The first-order valence-electron chi connectivity index (χ1n) is 4.90. The van der Waals surface area contributed by atoms with Gasteiger partial charge in [0.05, 0.1) is 5.52 Å². The average molecular weight is 215 g/mol. The third-order valence-corrected chi connectivity index (χ3v) is 2.27. The Balaban J connectivity index is 2.00. The van der Waals surface area contributed by atoms with Crippen LogP contribution in [0, 0.1) is 6.92 Å². The van der Waals surface area contributed by atoms with E-state index in [1.165, 1.54) is 0 Å². The Morgan fingerprint density at radius 2 is 2.19 bits per heavy atom. The molecule has 3 aromatic rings. The summed E-state index contributed by atoms with van der Waals surface area (Å²) in [7, 11) is 0. The highest BCUT2D eigenvalue weighted by Gasteiger charge is 2.08. The Kier molecular flexibility index (Phi) is 1.92. The molecule has 0 spiro atoms. The molecule has 0 bridgehead atoms. The van der Waals surface area contributed by atoms with Gasteiger partial charge in [0.2, 0.25) is 5.89 Å². The fraction of sp³-hybridized carbons (Fsp3) is 0.200. The molecule has 0 fully saturated rings. The SMILES string of the molecule is Cc1noc(Cn2nnc3ccccc32)n1. The number of nitrogens with zero attached hydrogens (tertiary/aromatic N) is 5. The van der Waals surface area contributed by atoms with Crippen molar-refractivity contribution in [2.24, 2.45) is 0 Å². The number of aromatic nitrogens is 5. The van der Waals surface area contributed by atoms with Crippen LogP contribution in [-0.4, -0.2) is 25.1 Å². The van der Waals surface area contributed by atoms with Crippen molar-refractivity contribution in [2.75, 3.05) is 0 Å². The van der Waals surface area contributed by atoms with E-state index >= 15 is 0 Å².